The molecule has 1 aromatic heterocycles. The van der Waals surface area contributed by atoms with Gasteiger partial charge in [0.15, 0.2) is 0 Å². The van der Waals surface area contributed by atoms with Gasteiger partial charge < -0.3 is 15.1 Å². The molecule has 1 aliphatic heterocycles. The number of hydrogen-bond acceptors (Lipinski definition) is 5. The number of aromatic nitrogens is 2. The van der Waals surface area contributed by atoms with Crippen LogP contribution in [0, 0.1) is 6.92 Å². The maximum absolute atomic E-state index is 12.1. The van der Waals surface area contributed by atoms with Crippen molar-refractivity contribution in [3.05, 3.63) is 23.8 Å². The van der Waals surface area contributed by atoms with Gasteiger partial charge >= 0.3 is 0 Å². The first kappa shape index (κ1) is 15.9. The number of rotatable bonds is 5. The maximum Gasteiger partial charge on any atom is 0.254 e. The zero-order valence-electron chi connectivity index (χ0n) is 13.2. The molecule has 6 heteroatoms. The summed E-state index contributed by atoms with van der Waals surface area (Å²) in [6.07, 6.45) is 5.19. The molecule has 1 aliphatic rings. The largest absolute Gasteiger partial charge is 0.349 e. The molecule has 0 unspecified atom stereocenters. The molecule has 1 fully saturated rings. The first-order valence-corrected chi connectivity index (χ1v) is 7.51. The molecule has 0 aromatic carbocycles. The zero-order chi connectivity index (χ0) is 15.2. The van der Waals surface area contributed by atoms with Crippen LogP contribution in [-0.4, -0.2) is 72.0 Å². The number of nitrogens with one attached hydrogen (secondary N) is 1. The lowest BCUT2D eigenvalue weighted by Gasteiger charge is -2.32. The summed E-state index contributed by atoms with van der Waals surface area (Å²) in [4.78, 5) is 24.9. The molecule has 1 N–H and O–H groups in total. The first-order valence-electron chi connectivity index (χ1n) is 7.51. The lowest BCUT2D eigenvalue weighted by Crippen LogP contribution is -2.46. The SMILES string of the molecule is Cc1ncc(C(=O)NC2CCN(CCN(C)C)CC2)cn1. The smallest absolute Gasteiger partial charge is 0.254 e. The standard InChI is InChI=1S/C15H25N5O/c1-12-16-10-13(11-17-12)15(21)18-14-4-6-20(7-5-14)9-8-19(2)3/h10-11,14H,4-9H2,1-3H3,(H,18,21). The van der Waals surface area contributed by atoms with E-state index in [4.69, 9.17) is 0 Å². The van der Waals surface area contributed by atoms with Gasteiger partial charge in [0.25, 0.3) is 5.91 Å². The number of aryl methyl sites for hydroxylation is 1. The summed E-state index contributed by atoms with van der Waals surface area (Å²) in [5, 5.41) is 3.08. The Bertz CT molecular complexity index is 452. The van der Waals surface area contributed by atoms with Crippen molar-refractivity contribution in [1.29, 1.82) is 0 Å². The minimum Gasteiger partial charge on any atom is -0.349 e. The van der Waals surface area contributed by atoms with E-state index in [0.29, 0.717) is 11.4 Å². The van der Waals surface area contributed by atoms with Crippen LogP contribution in [0.25, 0.3) is 0 Å². The second-order valence-corrected chi connectivity index (χ2v) is 5.91. The average Bonchev–Trinajstić information content (AvgIpc) is 2.47. The lowest BCUT2D eigenvalue weighted by molar-refractivity contribution is 0.0908. The van der Waals surface area contributed by atoms with Gasteiger partial charge in [-0.25, -0.2) is 9.97 Å². The van der Waals surface area contributed by atoms with Gasteiger partial charge in [-0.15, -0.1) is 0 Å². The fourth-order valence-corrected chi connectivity index (χ4v) is 2.42. The van der Waals surface area contributed by atoms with E-state index >= 15 is 0 Å². The number of carbonyl (C=O) groups excluding carboxylic acids is 1. The molecule has 0 spiro atoms. The maximum atomic E-state index is 12.1. The van der Waals surface area contributed by atoms with Crippen LogP contribution in [0.2, 0.25) is 0 Å². The third kappa shape index (κ3) is 5.06. The van der Waals surface area contributed by atoms with E-state index < -0.39 is 0 Å². The molecule has 1 aromatic rings. The van der Waals surface area contributed by atoms with Gasteiger partial charge in [-0.05, 0) is 33.9 Å². The Morgan fingerprint density at radius 2 is 1.95 bits per heavy atom. The van der Waals surface area contributed by atoms with E-state index in [2.05, 4.69) is 39.2 Å². The molecule has 0 atom stereocenters. The number of likely N-dealkylation sites (N-methyl/N-ethyl adjacent to an activating group) is 1. The van der Waals surface area contributed by atoms with Crippen LogP contribution in [0.15, 0.2) is 12.4 Å². The number of hydrogen-bond donors (Lipinski definition) is 1. The molecule has 0 aliphatic carbocycles. The minimum absolute atomic E-state index is 0.0678. The van der Waals surface area contributed by atoms with Crippen LogP contribution in [0.5, 0.6) is 0 Å². The quantitative estimate of drug-likeness (QED) is 0.858. The topological polar surface area (TPSA) is 61.4 Å². The first-order chi connectivity index (χ1) is 10.0. The van der Waals surface area contributed by atoms with Crippen molar-refractivity contribution in [3.63, 3.8) is 0 Å². The normalized spacial score (nSPS) is 17.1. The van der Waals surface area contributed by atoms with Gasteiger partial charge in [-0.1, -0.05) is 0 Å². The molecule has 21 heavy (non-hydrogen) atoms. The third-order valence-corrected chi connectivity index (χ3v) is 3.83. The number of piperidine rings is 1. The van der Waals surface area contributed by atoms with Crippen LogP contribution in [0.4, 0.5) is 0 Å². The summed E-state index contributed by atoms with van der Waals surface area (Å²) in [6.45, 7) is 6.08. The lowest BCUT2D eigenvalue weighted by atomic mass is 10.0. The van der Waals surface area contributed by atoms with Gasteiger partial charge in [0, 0.05) is 44.6 Å². The summed E-state index contributed by atoms with van der Waals surface area (Å²) in [7, 11) is 4.19. The summed E-state index contributed by atoms with van der Waals surface area (Å²) < 4.78 is 0. The Kier molecular flexibility index (Phi) is 5.64. The Morgan fingerprint density at radius 1 is 1.33 bits per heavy atom. The molecule has 0 radical (unpaired) electrons. The van der Waals surface area contributed by atoms with E-state index in [1.807, 2.05) is 6.92 Å². The van der Waals surface area contributed by atoms with E-state index in [0.717, 1.165) is 39.0 Å². The summed E-state index contributed by atoms with van der Waals surface area (Å²) >= 11 is 0. The summed E-state index contributed by atoms with van der Waals surface area (Å²) in [5.74, 6) is 0.613. The van der Waals surface area contributed by atoms with Crippen molar-refractivity contribution in [2.75, 3.05) is 40.3 Å². The second kappa shape index (κ2) is 7.47. The fraction of sp³-hybridized carbons (Fsp3) is 0.667. The molecule has 0 bridgehead atoms. The van der Waals surface area contributed by atoms with Crippen LogP contribution < -0.4 is 5.32 Å². The molecular weight excluding hydrogens is 266 g/mol. The number of carbonyl (C=O) groups is 1. The van der Waals surface area contributed by atoms with Crippen LogP contribution in [0.3, 0.4) is 0 Å². The second-order valence-electron chi connectivity index (χ2n) is 5.91. The molecule has 116 valence electrons. The molecule has 2 rings (SSSR count). The highest BCUT2D eigenvalue weighted by atomic mass is 16.1. The van der Waals surface area contributed by atoms with E-state index in [1.54, 1.807) is 12.4 Å². The average molecular weight is 291 g/mol. The fourth-order valence-electron chi connectivity index (χ4n) is 2.42. The van der Waals surface area contributed by atoms with Gasteiger partial charge in [0.1, 0.15) is 5.82 Å². The highest BCUT2D eigenvalue weighted by molar-refractivity contribution is 5.93. The van der Waals surface area contributed by atoms with Crippen LogP contribution in [-0.2, 0) is 0 Å². The van der Waals surface area contributed by atoms with Gasteiger partial charge in [-0.3, -0.25) is 4.79 Å². The van der Waals surface area contributed by atoms with E-state index in [-0.39, 0.29) is 11.9 Å². The van der Waals surface area contributed by atoms with Crippen molar-refractivity contribution < 1.29 is 4.79 Å². The van der Waals surface area contributed by atoms with Crippen molar-refractivity contribution in [2.24, 2.45) is 0 Å². The Labute approximate surface area is 126 Å². The molecule has 6 nitrogen and oxygen atoms in total. The predicted octanol–water partition coefficient (Wildman–Crippen LogP) is 0.541. The highest BCUT2D eigenvalue weighted by Gasteiger charge is 2.21. The minimum atomic E-state index is -0.0678. The number of likely N-dealkylation sites (tertiary alicyclic amines) is 1. The van der Waals surface area contributed by atoms with Gasteiger partial charge in [-0.2, -0.15) is 0 Å². The number of nitrogens with zero attached hydrogens (tertiary/aromatic N) is 4. The monoisotopic (exact) mass is 291 g/mol. The molecule has 1 saturated heterocycles. The van der Waals surface area contributed by atoms with Gasteiger partial charge in [0.2, 0.25) is 0 Å². The van der Waals surface area contributed by atoms with Crippen molar-refractivity contribution in [3.8, 4) is 0 Å². The Morgan fingerprint density at radius 3 is 2.52 bits per heavy atom. The molecule has 2 heterocycles. The van der Waals surface area contributed by atoms with Crippen LogP contribution in [0.1, 0.15) is 29.0 Å². The molecule has 0 saturated carbocycles. The van der Waals surface area contributed by atoms with Crippen molar-refractivity contribution in [2.45, 2.75) is 25.8 Å². The van der Waals surface area contributed by atoms with E-state index in [1.165, 1.54) is 0 Å². The number of amides is 1. The van der Waals surface area contributed by atoms with Crippen molar-refractivity contribution in [1.82, 2.24) is 25.1 Å². The molecule has 1 amide bonds. The van der Waals surface area contributed by atoms with Crippen LogP contribution >= 0.6 is 0 Å². The zero-order valence-corrected chi connectivity index (χ0v) is 13.2. The Balaban J connectivity index is 1.75. The molecular formula is C15H25N5O. The third-order valence-electron chi connectivity index (χ3n) is 3.83. The van der Waals surface area contributed by atoms with E-state index in [9.17, 15) is 4.79 Å². The summed E-state index contributed by atoms with van der Waals surface area (Å²) in [6, 6.07) is 0.259. The van der Waals surface area contributed by atoms with Gasteiger partial charge in [0.05, 0.1) is 5.56 Å². The highest BCUT2D eigenvalue weighted by Crippen LogP contribution is 2.11. The Hall–Kier alpha value is -1.53. The predicted molar refractivity (Wildman–Crippen MR) is 82.3 cm³/mol. The van der Waals surface area contributed by atoms with Crippen molar-refractivity contribution >= 4 is 5.91 Å². The summed E-state index contributed by atoms with van der Waals surface area (Å²) in [5.41, 5.74) is 0.538.